The van der Waals surface area contributed by atoms with E-state index in [0.717, 1.165) is 5.56 Å². The lowest BCUT2D eigenvalue weighted by Crippen LogP contribution is -2.14. The van der Waals surface area contributed by atoms with Crippen LogP contribution in [0.1, 0.15) is 22.3 Å². The molecular weight excluding hydrogens is 280 g/mol. The minimum atomic E-state index is -0.323. The molecule has 20 heavy (non-hydrogen) atoms. The standard InChI is InChI=1S/C16H16ClF2N/c1-10-6-12(7-11(2)16(10)19)8-20-9-13-14(17)4-3-5-15(13)18/h3-7,20H,8-9H2,1-2H3. The summed E-state index contributed by atoms with van der Waals surface area (Å²) in [6.07, 6.45) is 0. The molecule has 0 unspecified atom stereocenters. The second-order valence-corrected chi connectivity index (χ2v) is 5.25. The molecule has 0 saturated heterocycles. The van der Waals surface area contributed by atoms with Gasteiger partial charge in [-0.3, -0.25) is 0 Å². The Morgan fingerprint density at radius 1 is 1.05 bits per heavy atom. The zero-order chi connectivity index (χ0) is 14.7. The van der Waals surface area contributed by atoms with Crippen LogP contribution in [0.2, 0.25) is 5.02 Å². The number of halogens is 3. The molecule has 0 radical (unpaired) electrons. The Bertz CT molecular complexity index is 583. The molecule has 0 aliphatic rings. The van der Waals surface area contributed by atoms with Crippen molar-refractivity contribution in [3.8, 4) is 0 Å². The molecule has 1 N–H and O–H groups in total. The molecule has 4 heteroatoms. The molecule has 0 fully saturated rings. The maximum atomic E-state index is 13.6. The second kappa shape index (κ2) is 6.33. The van der Waals surface area contributed by atoms with Gasteiger partial charge >= 0.3 is 0 Å². The van der Waals surface area contributed by atoms with E-state index < -0.39 is 0 Å². The van der Waals surface area contributed by atoms with Crippen molar-refractivity contribution in [2.24, 2.45) is 0 Å². The van der Waals surface area contributed by atoms with E-state index >= 15 is 0 Å². The van der Waals surface area contributed by atoms with Crippen LogP contribution in [-0.4, -0.2) is 0 Å². The maximum Gasteiger partial charge on any atom is 0.129 e. The predicted octanol–water partition coefficient (Wildman–Crippen LogP) is 4.52. The molecule has 0 amide bonds. The summed E-state index contributed by atoms with van der Waals surface area (Å²) in [5, 5.41) is 3.53. The molecule has 106 valence electrons. The maximum absolute atomic E-state index is 13.6. The Morgan fingerprint density at radius 3 is 2.30 bits per heavy atom. The van der Waals surface area contributed by atoms with Crippen LogP contribution in [0.3, 0.4) is 0 Å². The van der Waals surface area contributed by atoms with E-state index in [2.05, 4.69) is 5.32 Å². The summed E-state index contributed by atoms with van der Waals surface area (Å²) in [7, 11) is 0. The van der Waals surface area contributed by atoms with E-state index in [1.54, 1.807) is 38.1 Å². The zero-order valence-corrected chi connectivity index (χ0v) is 12.2. The molecule has 0 aromatic heterocycles. The normalized spacial score (nSPS) is 10.8. The summed E-state index contributed by atoms with van der Waals surface area (Å²) in [6, 6.07) is 8.20. The van der Waals surface area contributed by atoms with Crippen LogP contribution in [0.5, 0.6) is 0 Å². The number of hydrogen-bond donors (Lipinski definition) is 1. The first-order valence-corrected chi connectivity index (χ1v) is 6.76. The highest BCUT2D eigenvalue weighted by Gasteiger charge is 2.07. The molecule has 1 nitrogen and oxygen atoms in total. The number of aryl methyl sites for hydroxylation is 2. The number of benzene rings is 2. The predicted molar refractivity (Wildman–Crippen MR) is 77.8 cm³/mol. The van der Waals surface area contributed by atoms with Crippen molar-refractivity contribution >= 4 is 11.6 Å². The fourth-order valence-electron chi connectivity index (χ4n) is 2.17. The Kier molecular flexibility index (Phi) is 4.73. The molecule has 0 aliphatic carbocycles. The third kappa shape index (κ3) is 3.35. The third-order valence-corrected chi connectivity index (χ3v) is 3.54. The fourth-order valence-corrected chi connectivity index (χ4v) is 2.40. The SMILES string of the molecule is Cc1cc(CNCc2c(F)cccc2Cl)cc(C)c1F. The minimum absolute atomic E-state index is 0.175. The third-order valence-electron chi connectivity index (χ3n) is 3.19. The van der Waals surface area contributed by atoms with E-state index in [-0.39, 0.29) is 11.6 Å². The van der Waals surface area contributed by atoms with E-state index in [0.29, 0.717) is 34.8 Å². The molecule has 0 aliphatic heterocycles. The summed E-state index contributed by atoms with van der Waals surface area (Å²) in [4.78, 5) is 0. The van der Waals surface area contributed by atoms with Crippen molar-refractivity contribution in [2.75, 3.05) is 0 Å². The Morgan fingerprint density at radius 2 is 1.70 bits per heavy atom. The van der Waals surface area contributed by atoms with Crippen molar-refractivity contribution < 1.29 is 8.78 Å². The second-order valence-electron chi connectivity index (χ2n) is 4.85. The van der Waals surface area contributed by atoms with Crippen LogP contribution in [0, 0.1) is 25.5 Å². The average molecular weight is 296 g/mol. The van der Waals surface area contributed by atoms with Gasteiger partial charge in [0.2, 0.25) is 0 Å². The highest BCUT2D eigenvalue weighted by atomic mass is 35.5. The molecule has 0 heterocycles. The summed E-state index contributed by atoms with van der Waals surface area (Å²) in [5.74, 6) is -0.498. The fraction of sp³-hybridized carbons (Fsp3) is 0.250. The van der Waals surface area contributed by atoms with Crippen LogP contribution < -0.4 is 5.32 Å². The van der Waals surface area contributed by atoms with Gasteiger partial charge in [0.05, 0.1) is 0 Å². The van der Waals surface area contributed by atoms with Crippen LogP contribution in [0.4, 0.5) is 8.78 Å². The quantitative estimate of drug-likeness (QED) is 0.874. The van der Waals surface area contributed by atoms with Gasteiger partial charge in [-0.1, -0.05) is 29.8 Å². The molecule has 0 spiro atoms. The van der Waals surface area contributed by atoms with Gasteiger partial charge in [-0.25, -0.2) is 8.78 Å². The van der Waals surface area contributed by atoms with Crippen LogP contribution in [0.15, 0.2) is 30.3 Å². The topological polar surface area (TPSA) is 12.0 Å². The van der Waals surface area contributed by atoms with Gasteiger partial charge in [0, 0.05) is 23.7 Å². The lowest BCUT2D eigenvalue weighted by Gasteiger charge is -2.10. The van der Waals surface area contributed by atoms with Crippen molar-refractivity contribution in [2.45, 2.75) is 26.9 Å². The molecule has 0 saturated carbocycles. The molecule has 2 aromatic carbocycles. The summed E-state index contributed by atoms with van der Waals surface area (Å²) >= 11 is 5.95. The summed E-state index contributed by atoms with van der Waals surface area (Å²) < 4.78 is 27.1. The van der Waals surface area contributed by atoms with E-state index in [1.165, 1.54) is 6.07 Å². The Labute approximate surface area is 122 Å². The molecule has 0 bridgehead atoms. The number of nitrogens with one attached hydrogen (secondary N) is 1. The van der Waals surface area contributed by atoms with Gasteiger partial charge < -0.3 is 5.32 Å². The van der Waals surface area contributed by atoms with Crippen LogP contribution in [-0.2, 0) is 13.1 Å². The largest absolute Gasteiger partial charge is 0.308 e. The number of rotatable bonds is 4. The Hall–Kier alpha value is -1.45. The van der Waals surface area contributed by atoms with Crippen molar-refractivity contribution in [3.63, 3.8) is 0 Å². The van der Waals surface area contributed by atoms with Gasteiger partial charge in [-0.15, -0.1) is 0 Å². The van der Waals surface area contributed by atoms with E-state index in [1.807, 2.05) is 0 Å². The van der Waals surface area contributed by atoms with E-state index in [4.69, 9.17) is 11.6 Å². The van der Waals surface area contributed by atoms with Gasteiger partial charge in [-0.05, 0) is 42.7 Å². The highest BCUT2D eigenvalue weighted by Crippen LogP contribution is 2.19. The molecule has 2 aromatic rings. The smallest absolute Gasteiger partial charge is 0.129 e. The van der Waals surface area contributed by atoms with Crippen molar-refractivity contribution in [3.05, 3.63) is 69.2 Å². The first kappa shape index (κ1) is 14.9. The van der Waals surface area contributed by atoms with Crippen molar-refractivity contribution in [1.29, 1.82) is 0 Å². The lowest BCUT2D eigenvalue weighted by atomic mass is 10.1. The van der Waals surface area contributed by atoms with Gasteiger partial charge in [0.25, 0.3) is 0 Å². The Balaban J connectivity index is 2.03. The van der Waals surface area contributed by atoms with Gasteiger partial charge in [0.15, 0.2) is 0 Å². The lowest BCUT2D eigenvalue weighted by molar-refractivity contribution is 0.586. The van der Waals surface area contributed by atoms with Crippen LogP contribution >= 0.6 is 11.6 Å². The zero-order valence-electron chi connectivity index (χ0n) is 11.4. The summed E-state index contributed by atoms with van der Waals surface area (Å²) in [5.41, 5.74) is 2.65. The van der Waals surface area contributed by atoms with E-state index in [9.17, 15) is 8.78 Å². The number of hydrogen-bond acceptors (Lipinski definition) is 1. The van der Waals surface area contributed by atoms with Gasteiger partial charge in [0.1, 0.15) is 11.6 Å². The molecule has 2 rings (SSSR count). The summed E-state index contributed by atoms with van der Waals surface area (Å²) in [6.45, 7) is 4.34. The minimum Gasteiger partial charge on any atom is -0.308 e. The van der Waals surface area contributed by atoms with Crippen LogP contribution in [0.25, 0.3) is 0 Å². The highest BCUT2D eigenvalue weighted by molar-refractivity contribution is 6.31. The first-order chi connectivity index (χ1) is 9.49. The first-order valence-electron chi connectivity index (χ1n) is 6.38. The van der Waals surface area contributed by atoms with Gasteiger partial charge in [-0.2, -0.15) is 0 Å². The average Bonchev–Trinajstić information content (AvgIpc) is 2.39. The molecular formula is C16H16ClF2N. The van der Waals surface area contributed by atoms with Crippen molar-refractivity contribution in [1.82, 2.24) is 5.32 Å². The molecule has 0 atom stereocenters. The monoisotopic (exact) mass is 295 g/mol.